The highest BCUT2D eigenvalue weighted by atomic mass is 16.5. The van der Waals surface area contributed by atoms with Gasteiger partial charge < -0.3 is 18.6 Å². The molecule has 9 heteroatoms. The molecular weight excluding hydrogens is 444 g/mol. The van der Waals surface area contributed by atoms with Crippen molar-refractivity contribution < 1.29 is 13.9 Å². The molecule has 0 spiro atoms. The van der Waals surface area contributed by atoms with Crippen LogP contribution in [0.15, 0.2) is 65.3 Å². The van der Waals surface area contributed by atoms with E-state index in [2.05, 4.69) is 19.9 Å². The number of ether oxygens (including phenoxy) is 1. The number of imidazole rings is 1. The lowest BCUT2D eigenvalue weighted by molar-refractivity contribution is 0.0680. The number of furan rings is 1. The Bertz CT molecular complexity index is 1490. The van der Waals surface area contributed by atoms with Crippen LogP contribution in [0.5, 0.6) is 5.75 Å². The maximum Gasteiger partial charge on any atom is 0.289 e. The maximum atomic E-state index is 13.2. The number of amides is 1. The Hall–Kier alpha value is -4.14. The molecule has 4 heterocycles. The van der Waals surface area contributed by atoms with Gasteiger partial charge in [-0.1, -0.05) is 29.5 Å². The molecule has 6 rings (SSSR count). The molecule has 35 heavy (non-hydrogen) atoms. The van der Waals surface area contributed by atoms with Crippen LogP contribution in [0.3, 0.4) is 0 Å². The summed E-state index contributed by atoms with van der Waals surface area (Å²) in [7, 11) is 0. The molecule has 0 radical (unpaired) electrons. The third kappa shape index (κ3) is 3.92. The van der Waals surface area contributed by atoms with Gasteiger partial charge in [-0.15, -0.1) is 5.10 Å². The topological polar surface area (TPSA) is 91.2 Å². The molecule has 0 bridgehead atoms. The normalized spacial score (nSPS) is 14.7. The smallest absolute Gasteiger partial charge is 0.289 e. The minimum Gasteiger partial charge on any atom is -0.490 e. The van der Waals surface area contributed by atoms with Gasteiger partial charge in [0.05, 0.1) is 12.1 Å². The van der Waals surface area contributed by atoms with E-state index in [0.717, 1.165) is 35.1 Å². The van der Waals surface area contributed by atoms with Gasteiger partial charge in [-0.3, -0.25) is 4.79 Å². The highest BCUT2D eigenvalue weighted by Gasteiger charge is 2.29. The first-order valence-electron chi connectivity index (χ1n) is 11.9. The van der Waals surface area contributed by atoms with Crippen molar-refractivity contribution in [2.75, 3.05) is 19.7 Å². The zero-order valence-corrected chi connectivity index (χ0v) is 19.5. The molecule has 5 aromatic rings. The van der Waals surface area contributed by atoms with Gasteiger partial charge in [0.1, 0.15) is 18.0 Å². The number of benzene rings is 2. The zero-order valence-electron chi connectivity index (χ0n) is 19.5. The number of hydrogen-bond donors (Lipinski definition) is 0. The van der Waals surface area contributed by atoms with Gasteiger partial charge in [-0.2, -0.15) is 0 Å². The van der Waals surface area contributed by atoms with Gasteiger partial charge in [0, 0.05) is 36.8 Å². The lowest BCUT2D eigenvalue weighted by Crippen LogP contribution is -2.38. The Morgan fingerprint density at radius 1 is 1.14 bits per heavy atom. The fourth-order valence-electron chi connectivity index (χ4n) is 4.87. The van der Waals surface area contributed by atoms with Crippen molar-refractivity contribution in [2.24, 2.45) is 0 Å². The highest BCUT2D eigenvalue weighted by Crippen LogP contribution is 2.31. The van der Waals surface area contributed by atoms with Gasteiger partial charge in [-0.25, -0.2) is 9.67 Å². The Kier molecular flexibility index (Phi) is 5.44. The van der Waals surface area contributed by atoms with Crippen LogP contribution in [0.2, 0.25) is 0 Å². The first-order valence-corrected chi connectivity index (χ1v) is 11.9. The molecule has 9 nitrogen and oxygen atoms in total. The van der Waals surface area contributed by atoms with Crippen LogP contribution in [-0.4, -0.2) is 55.0 Å². The van der Waals surface area contributed by atoms with Gasteiger partial charge >= 0.3 is 0 Å². The first kappa shape index (κ1) is 21.4. The number of carbonyl (C=O) groups is 1. The molecule has 1 aliphatic rings. The van der Waals surface area contributed by atoms with Crippen LogP contribution < -0.4 is 4.74 Å². The Balaban J connectivity index is 1.15. The number of nitrogens with zero attached hydrogens (tertiary/aromatic N) is 6. The standard InChI is InChI=1S/C26H26N6O3/c1-2-34-22-9-5-6-19-16-23(35-24(19)22)26(33)30-13-10-18(11-14-30)25-27-12-15-31(25)17-32-21-8-4-3-7-20(21)28-29-32/h3-9,12,15-16,18H,2,10-11,13-14,17H2,1H3. The second-order valence-electron chi connectivity index (χ2n) is 8.76. The monoisotopic (exact) mass is 470 g/mol. The Morgan fingerprint density at radius 3 is 2.86 bits per heavy atom. The zero-order chi connectivity index (χ0) is 23.8. The van der Waals surface area contributed by atoms with E-state index in [0.29, 0.717) is 43.5 Å². The predicted octanol–water partition coefficient (Wildman–Crippen LogP) is 4.30. The number of likely N-dealkylation sites (tertiary alicyclic amines) is 1. The lowest BCUT2D eigenvalue weighted by atomic mass is 9.95. The van der Waals surface area contributed by atoms with Crippen LogP contribution >= 0.6 is 0 Å². The number of hydrogen-bond acceptors (Lipinski definition) is 6. The quantitative estimate of drug-likeness (QED) is 0.368. The summed E-state index contributed by atoms with van der Waals surface area (Å²) in [6.07, 6.45) is 5.49. The molecule has 3 aromatic heterocycles. The van der Waals surface area contributed by atoms with Gasteiger partial charge in [-0.05, 0) is 44.0 Å². The van der Waals surface area contributed by atoms with Gasteiger partial charge in [0.2, 0.25) is 0 Å². The summed E-state index contributed by atoms with van der Waals surface area (Å²) in [6.45, 7) is 4.32. The second kappa shape index (κ2) is 8.90. The minimum atomic E-state index is -0.0838. The van der Waals surface area contributed by atoms with Crippen LogP contribution in [0.1, 0.15) is 42.1 Å². The maximum absolute atomic E-state index is 13.2. The number of para-hydroxylation sites is 2. The van der Waals surface area contributed by atoms with Crippen LogP contribution in [-0.2, 0) is 6.67 Å². The van der Waals surface area contributed by atoms with E-state index in [1.54, 1.807) is 6.07 Å². The van der Waals surface area contributed by atoms with Gasteiger partial charge in [0.15, 0.2) is 17.1 Å². The average Bonchev–Trinajstić information content (AvgIpc) is 3.63. The summed E-state index contributed by atoms with van der Waals surface area (Å²) in [5.41, 5.74) is 2.49. The van der Waals surface area contributed by atoms with Crippen LogP contribution in [0, 0.1) is 0 Å². The Labute approximate surface area is 201 Å². The predicted molar refractivity (Wildman–Crippen MR) is 130 cm³/mol. The molecule has 0 unspecified atom stereocenters. The Morgan fingerprint density at radius 2 is 2.00 bits per heavy atom. The van der Waals surface area contributed by atoms with Crippen molar-refractivity contribution in [3.05, 3.63) is 72.5 Å². The SMILES string of the molecule is CCOc1cccc2cc(C(=O)N3CCC(c4nccn4Cn4nnc5ccccc54)CC3)oc12. The van der Waals surface area contributed by atoms with Crippen molar-refractivity contribution in [1.82, 2.24) is 29.4 Å². The van der Waals surface area contributed by atoms with E-state index < -0.39 is 0 Å². The van der Waals surface area contributed by atoms with Crippen molar-refractivity contribution >= 4 is 27.9 Å². The molecular formula is C26H26N6O3. The summed E-state index contributed by atoms with van der Waals surface area (Å²) in [5, 5.41) is 9.43. The van der Waals surface area contributed by atoms with E-state index in [4.69, 9.17) is 9.15 Å². The van der Waals surface area contributed by atoms with E-state index in [-0.39, 0.29) is 11.8 Å². The number of carbonyl (C=O) groups excluding carboxylic acids is 1. The average molecular weight is 471 g/mol. The summed E-state index contributed by atoms with van der Waals surface area (Å²) < 4.78 is 15.6. The van der Waals surface area contributed by atoms with E-state index in [1.165, 1.54) is 0 Å². The van der Waals surface area contributed by atoms with E-state index >= 15 is 0 Å². The number of fused-ring (bicyclic) bond motifs is 2. The third-order valence-electron chi connectivity index (χ3n) is 6.62. The molecule has 178 valence electrons. The molecule has 1 fully saturated rings. The van der Waals surface area contributed by atoms with Gasteiger partial charge in [0.25, 0.3) is 5.91 Å². The number of rotatable bonds is 6. The molecule has 1 aliphatic heterocycles. The largest absolute Gasteiger partial charge is 0.490 e. The van der Waals surface area contributed by atoms with Crippen LogP contribution in [0.4, 0.5) is 0 Å². The van der Waals surface area contributed by atoms with Crippen molar-refractivity contribution in [3.63, 3.8) is 0 Å². The van der Waals surface area contributed by atoms with Crippen molar-refractivity contribution in [1.29, 1.82) is 0 Å². The molecule has 0 N–H and O–H groups in total. The first-order chi connectivity index (χ1) is 17.2. The molecule has 0 atom stereocenters. The lowest BCUT2D eigenvalue weighted by Gasteiger charge is -2.31. The fraction of sp³-hybridized carbons (Fsp3) is 0.308. The third-order valence-corrected chi connectivity index (χ3v) is 6.62. The molecule has 2 aromatic carbocycles. The number of piperidine rings is 1. The van der Waals surface area contributed by atoms with E-state index in [9.17, 15) is 4.79 Å². The molecule has 1 amide bonds. The van der Waals surface area contributed by atoms with Crippen LogP contribution in [0.25, 0.3) is 22.0 Å². The number of aromatic nitrogens is 5. The molecule has 0 aliphatic carbocycles. The summed E-state index contributed by atoms with van der Waals surface area (Å²) in [6, 6.07) is 15.4. The minimum absolute atomic E-state index is 0.0838. The van der Waals surface area contributed by atoms with Crippen molar-refractivity contribution in [2.45, 2.75) is 32.4 Å². The highest BCUT2D eigenvalue weighted by molar-refractivity contribution is 5.97. The molecule has 1 saturated heterocycles. The summed E-state index contributed by atoms with van der Waals surface area (Å²) >= 11 is 0. The fourth-order valence-corrected chi connectivity index (χ4v) is 4.87. The van der Waals surface area contributed by atoms with E-state index in [1.807, 2.05) is 71.4 Å². The van der Waals surface area contributed by atoms with Crippen molar-refractivity contribution in [3.8, 4) is 5.75 Å². The summed E-state index contributed by atoms with van der Waals surface area (Å²) in [4.78, 5) is 19.7. The summed E-state index contributed by atoms with van der Waals surface area (Å²) in [5.74, 6) is 2.21. The second-order valence-corrected chi connectivity index (χ2v) is 8.76. The molecule has 0 saturated carbocycles.